The first-order chi connectivity index (χ1) is 9.65. The molecule has 2 rings (SSSR count). The Balaban J connectivity index is 2.06. The molecule has 0 atom stereocenters. The highest BCUT2D eigenvalue weighted by atomic mass is 16.5. The molecule has 2 aromatic rings. The van der Waals surface area contributed by atoms with E-state index in [9.17, 15) is 0 Å². The van der Waals surface area contributed by atoms with E-state index in [2.05, 4.69) is 29.1 Å². The van der Waals surface area contributed by atoms with E-state index in [1.165, 1.54) is 0 Å². The Bertz CT molecular complexity index is 541. The van der Waals surface area contributed by atoms with Crippen LogP contribution < -0.4 is 10.1 Å². The minimum Gasteiger partial charge on any atom is -0.487 e. The number of rotatable bonds is 6. The predicted molar refractivity (Wildman–Crippen MR) is 79.5 cm³/mol. The minimum absolute atomic E-state index is 0.422. The Kier molecular flexibility index (Phi) is 5.07. The normalized spacial score (nSPS) is 10.8. The molecule has 4 nitrogen and oxygen atoms in total. The fourth-order valence-electron chi connectivity index (χ4n) is 1.80. The van der Waals surface area contributed by atoms with Gasteiger partial charge in [0.25, 0.3) is 0 Å². The molecule has 2 aromatic heterocycles. The predicted octanol–water partition coefficient (Wildman–Crippen LogP) is 2.86. The lowest BCUT2D eigenvalue weighted by Crippen LogP contribution is -2.23. The van der Waals surface area contributed by atoms with Crippen LogP contribution >= 0.6 is 0 Å². The van der Waals surface area contributed by atoms with Crippen LogP contribution in [0.25, 0.3) is 0 Å². The first kappa shape index (κ1) is 14.5. The molecular weight excluding hydrogens is 250 g/mol. The number of hydrogen-bond acceptors (Lipinski definition) is 4. The van der Waals surface area contributed by atoms with Crippen LogP contribution in [0.1, 0.15) is 30.8 Å². The molecule has 0 saturated heterocycles. The lowest BCUT2D eigenvalue weighted by atomic mass is 10.2. The zero-order valence-electron chi connectivity index (χ0n) is 12.3. The van der Waals surface area contributed by atoms with Crippen molar-refractivity contribution >= 4 is 0 Å². The van der Waals surface area contributed by atoms with Gasteiger partial charge in [-0.1, -0.05) is 13.8 Å². The van der Waals surface area contributed by atoms with E-state index < -0.39 is 0 Å². The van der Waals surface area contributed by atoms with E-state index in [0.717, 1.165) is 22.7 Å². The first-order valence-corrected chi connectivity index (χ1v) is 6.87. The van der Waals surface area contributed by atoms with Crippen molar-refractivity contribution in [2.45, 2.75) is 40.0 Å². The number of ether oxygens (including phenoxy) is 1. The van der Waals surface area contributed by atoms with Crippen LogP contribution in [0.2, 0.25) is 0 Å². The summed E-state index contributed by atoms with van der Waals surface area (Å²) in [6.45, 7) is 7.47. The van der Waals surface area contributed by atoms with Gasteiger partial charge in [-0.05, 0) is 36.8 Å². The quantitative estimate of drug-likeness (QED) is 0.877. The Morgan fingerprint density at radius 3 is 2.60 bits per heavy atom. The van der Waals surface area contributed by atoms with Crippen LogP contribution in [0.5, 0.6) is 5.75 Å². The standard InChI is InChI=1S/C16H21N3O/c1-12(2)18-10-15-16(5-4-13(3)19-15)20-11-14-6-8-17-9-7-14/h4-9,12,18H,10-11H2,1-3H3. The number of nitrogens with one attached hydrogen (secondary N) is 1. The average molecular weight is 271 g/mol. The van der Waals surface area contributed by atoms with Crippen LogP contribution in [-0.2, 0) is 13.2 Å². The summed E-state index contributed by atoms with van der Waals surface area (Å²) < 4.78 is 5.88. The van der Waals surface area contributed by atoms with E-state index in [4.69, 9.17) is 4.74 Å². The maximum atomic E-state index is 5.88. The maximum absolute atomic E-state index is 5.88. The lowest BCUT2D eigenvalue weighted by Gasteiger charge is -2.13. The molecule has 0 aliphatic rings. The van der Waals surface area contributed by atoms with Gasteiger partial charge in [0.2, 0.25) is 0 Å². The monoisotopic (exact) mass is 271 g/mol. The molecule has 0 radical (unpaired) electrons. The fourth-order valence-corrected chi connectivity index (χ4v) is 1.80. The summed E-state index contributed by atoms with van der Waals surface area (Å²) in [6, 6.07) is 8.29. The highest BCUT2D eigenvalue weighted by Gasteiger charge is 2.07. The van der Waals surface area contributed by atoms with Gasteiger partial charge in [0, 0.05) is 30.7 Å². The van der Waals surface area contributed by atoms with Crippen LogP contribution in [-0.4, -0.2) is 16.0 Å². The smallest absolute Gasteiger partial charge is 0.142 e. The summed E-state index contributed by atoms with van der Waals surface area (Å²) in [5, 5.41) is 3.38. The molecule has 1 N–H and O–H groups in total. The Morgan fingerprint density at radius 1 is 1.15 bits per heavy atom. The SMILES string of the molecule is Cc1ccc(OCc2ccncc2)c(CNC(C)C)n1. The fraction of sp³-hybridized carbons (Fsp3) is 0.375. The van der Waals surface area contributed by atoms with Crippen molar-refractivity contribution in [3.63, 3.8) is 0 Å². The van der Waals surface area contributed by atoms with Crippen LogP contribution in [0.4, 0.5) is 0 Å². The summed E-state index contributed by atoms with van der Waals surface area (Å²) in [5.41, 5.74) is 3.05. The zero-order chi connectivity index (χ0) is 14.4. The van der Waals surface area contributed by atoms with Gasteiger partial charge < -0.3 is 10.1 Å². The van der Waals surface area contributed by atoms with E-state index >= 15 is 0 Å². The zero-order valence-corrected chi connectivity index (χ0v) is 12.3. The van der Waals surface area contributed by atoms with Gasteiger partial charge in [0.05, 0.1) is 5.69 Å². The Morgan fingerprint density at radius 2 is 1.90 bits per heavy atom. The molecule has 4 heteroatoms. The minimum atomic E-state index is 0.422. The number of aromatic nitrogens is 2. The van der Waals surface area contributed by atoms with Crippen LogP contribution in [0, 0.1) is 6.92 Å². The second kappa shape index (κ2) is 7.01. The molecule has 0 bridgehead atoms. The Labute approximate surface area is 120 Å². The van der Waals surface area contributed by atoms with Gasteiger partial charge in [0.15, 0.2) is 0 Å². The van der Waals surface area contributed by atoms with Crippen molar-refractivity contribution < 1.29 is 4.74 Å². The second-order valence-corrected chi connectivity index (χ2v) is 5.08. The van der Waals surface area contributed by atoms with Crippen LogP contribution in [0.15, 0.2) is 36.7 Å². The molecule has 0 unspecified atom stereocenters. The van der Waals surface area contributed by atoms with Gasteiger partial charge in [0.1, 0.15) is 12.4 Å². The molecule has 0 spiro atoms. The molecule has 0 aliphatic heterocycles. The van der Waals surface area contributed by atoms with E-state index in [1.54, 1.807) is 12.4 Å². The van der Waals surface area contributed by atoms with E-state index in [-0.39, 0.29) is 0 Å². The summed E-state index contributed by atoms with van der Waals surface area (Å²) in [4.78, 5) is 8.56. The van der Waals surface area contributed by atoms with Crippen molar-refractivity contribution in [2.75, 3.05) is 0 Å². The molecule has 106 valence electrons. The Hall–Kier alpha value is -1.94. The summed E-state index contributed by atoms with van der Waals surface area (Å²) in [7, 11) is 0. The summed E-state index contributed by atoms with van der Waals surface area (Å²) in [6.07, 6.45) is 3.54. The summed E-state index contributed by atoms with van der Waals surface area (Å²) in [5.74, 6) is 0.834. The summed E-state index contributed by atoms with van der Waals surface area (Å²) >= 11 is 0. The number of nitrogens with zero attached hydrogens (tertiary/aromatic N) is 2. The molecular formula is C16H21N3O. The topological polar surface area (TPSA) is 47.0 Å². The molecule has 0 fully saturated rings. The molecule has 0 amide bonds. The molecule has 20 heavy (non-hydrogen) atoms. The number of pyridine rings is 2. The van der Waals surface area contributed by atoms with Gasteiger partial charge >= 0.3 is 0 Å². The third kappa shape index (κ3) is 4.31. The first-order valence-electron chi connectivity index (χ1n) is 6.87. The molecule has 0 aliphatic carbocycles. The third-order valence-electron chi connectivity index (χ3n) is 2.89. The van der Waals surface area contributed by atoms with Crippen molar-refractivity contribution in [3.8, 4) is 5.75 Å². The van der Waals surface area contributed by atoms with E-state index in [0.29, 0.717) is 19.2 Å². The maximum Gasteiger partial charge on any atom is 0.142 e. The average Bonchev–Trinajstić information content (AvgIpc) is 2.45. The third-order valence-corrected chi connectivity index (χ3v) is 2.89. The number of aryl methyl sites for hydroxylation is 1. The lowest BCUT2D eigenvalue weighted by molar-refractivity contribution is 0.299. The highest BCUT2D eigenvalue weighted by Crippen LogP contribution is 2.18. The van der Waals surface area contributed by atoms with Crippen molar-refractivity contribution in [2.24, 2.45) is 0 Å². The van der Waals surface area contributed by atoms with Gasteiger partial charge in [-0.2, -0.15) is 0 Å². The van der Waals surface area contributed by atoms with Crippen molar-refractivity contribution in [3.05, 3.63) is 53.6 Å². The van der Waals surface area contributed by atoms with Gasteiger partial charge in [-0.3, -0.25) is 9.97 Å². The van der Waals surface area contributed by atoms with Crippen LogP contribution in [0.3, 0.4) is 0 Å². The second-order valence-electron chi connectivity index (χ2n) is 5.08. The van der Waals surface area contributed by atoms with E-state index in [1.807, 2.05) is 31.2 Å². The molecule has 2 heterocycles. The number of hydrogen-bond donors (Lipinski definition) is 1. The van der Waals surface area contributed by atoms with Crippen molar-refractivity contribution in [1.82, 2.24) is 15.3 Å². The molecule has 0 saturated carbocycles. The molecule has 0 aromatic carbocycles. The van der Waals surface area contributed by atoms with Gasteiger partial charge in [-0.25, -0.2) is 0 Å². The highest BCUT2D eigenvalue weighted by molar-refractivity contribution is 5.29. The van der Waals surface area contributed by atoms with Crippen molar-refractivity contribution in [1.29, 1.82) is 0 Å². The van der Waals surface area contributed by atoms with Gasteiger partial charge in [-0.15, -0.1) is 0 Å². The largest absolute Gasteiger partial charge is 0.487 e.